The lowest BCUT2D eigenvalue weighted by molar-refractivity contribution is -0.330. The lowest BCUT2D eigenvalue weighted by Gasteiger charge is -2.67. The van der Waals surface area contributed by atoms with E-state index in [4.69, 9.17) is 35.0 Å². The third kappa shape index (κ3) is 5.12. The lowest BCUT2D eigenvalue weighted by atomic mass is 9.42. The van der Waals surface area contributed by atoms with Crippen LogP contribution in [-0.2, 0) is 14.2 Å². The van der Waals surface area contributed by atoms with Crippen LogP contribution in [-0.4, -0.2) is 40.5 Å². The Kier molecular flexibility index (Phi) is 7.75. The van der Waals surface area contributed by atoms with Crippen molar-refractivity contribution < 1.29 is 33.3 Å². The zero-order valence-corrected chi connectivity index (χ0v) is 28.3. The standard InChI is InChI=1S/C39H38ClNO8/c1-37-16-15-29-38(2,21-45-36(48-29)23-8-5-4-6-9-23)28(37)19-30(47-34(43)22-11-13-25(40)14-12-22)39(3)33(37)32(42)31-27(49-39)18-26(46-35(31)44)24-10-7-17-41-20-24/h4-14,17-18,20,28-30,32-33,36,42H,15-16,19,21H2,1-3H3/t28?,29-,30-,32-,33?,36?,37-,38-,39+/m0/s1. The number of carbonyl (C=O) groups excluding carboxylic acids is 1. The minimum Gasteiger partial charge on any atom is -0.482 e. The molecular weight excluding hydrogens is 646 g/mol. The smallest absolute Gasteiger partial charge is 0.345 e. The van der Waals surface area contributed by atoms with Gasteiger partial charge < -0.3 is 28.5 Å². The average molecular weight is 684 g/mol. The Morgan fingerprint density at radius 3 is 2.53 bits per heavy atom. The number of esters is 1. The Hall–Kier alpha value is -4.02. The van der Waals surface area contributed by atoms with Crippen LogP contribution in [0.1, 0.15) is 73.9 Å². The molecule has 4 aliphatic rings. The van der Waals surface area contributed by atoms with E-state index in [9.17, 15) is 14.7 Å². The van der Waals surface area contributed by atoms with Crippen LogP contribution in [0.5, 0.6) is 5.75 Å². The molecule has 1 saturated heterocycles. The summed E-state index contributed by atoms with van der Waals surface area (Å²) < 4.78 is 32.1. The highest BCUT2D eigenvalue weighted by Crippen LogP contribution is 2.68. The fourth-order valence-corrected chi connectivity index (χ4v) is 9.55. The van der Waals surface area contributed by atoms with Crippen molar-refractivity contribution in [2.45, 2.75) is 70.2 Å². The molecule has 8 rings (SSSR count). The first-order valence-corrected chi connectivity index (χ1v) is 17.1. The van der Waals surface area contributed by atoms with Crippen molar-refractivity contribution in [3.8, 4) is 17.1 Å². The first kappa shape index (κ1) is 32.2. The normalized spacial score (nSPS) is 34.7. The summed E-state index contributed by atoms with van der Waals surface area (Å²) in [7, 11) is 0. The molecule has 2 aromatic heterocycles. The van der Waals surface area contributed by atoms with Gasteiger partial charge in [-0.25, -0.2) is 9.59 Å². The van der Waals surface area contributed by atoms with Crippen LogP contribution in [0.3, 0.4) is 0 Å². The maximum Gasteiger partial charge on any atom is 0.345 e. The molecule has 4 heterocycles. The Morgan fingerprint density at radius 2 is 1.80 bits per heavy atom. The first-order valence-electron chi connectivity index (χ1n) is 16.8. The number of nitrogens with zero attached hydrogens (tertiary/aromatic N) is 1. The summed E-state index contributed by atoms with van der Waals surface area (Å²) in [5, 5.41) is 12.9. The van der Waals surface area contributed by atoms with E-state index in [0.29, 0.717) is 42.0 Å². The highest BCUT2D eigenvalue weighted by molar-refractivity contribution is 6.30. The molecule has 2 aliphatic heterocycles. The number of aliphatic hydroxyl groups is 1. The Morgan fingerprint density at radius 1 is 1.02 bits per heavy atom. The Bertz CT molecular complexity index is 1940. The second kappa shape index (κ2) is 11.8. The van der Waals surface area contributed by atoms with E-state index in [-0.39, 0.29) is 29.1 Å². The predicted molar refractivity (Wildman–Crippen MR) is 180 cm³/mol. The van der Waals surface area contributed by atoms with Crippen LogP contribution in [0.15, 0.2) is 94.4 Å². The lowest BCUT2D eigenvalue weighted by Crippen LogP contribution is -2.71. The second-order valence-corrected chi connectivity index (χ2v) is 15.0. The molecule has 2 saturated carbocycles. The maximum absolute atomic E-state index is 13.8. The van der Waals surface area contributed by atoms with Gasteiger partial charge in [0, 0.05) is 45.9 Å². The molecule has 0 bridgehead atoms. The number of benzene rings is 2. The van der Waals surface area contributed by atoms with Crippen LogP contribution in [0.4, 0.5) is 0 Å². The quantitative estimate of drug-likeness (QED) is 0.221. The summed E-state index contributed by atoms with van der Waals surface area (Å²) in [6.45, 7) is 6.62. The van der Waals surface area contributed by atoms with Gasteiger partial charge in [0.2, 0.25) is 0 Å². The summed E-state index contributed by atoms with van der Waals surface area (Å²) in [6, 6.07) is 21.6. The van der Waals surface area contributed by atoms with Crippen molar-refractivity contribution in [1.29, 1.82) is 0 Å². The highest BCUT2D eigenvalue weighted by Gasteiger charge is 2.71. The molecule has 9 atom stereocenters. The van der Waals surface area contributed by atoms with E-state index >= 15 is 0 Å². The molecule has 3 unspecified atom stereocenters. The zero-order valence-electron chi connectivity index (χ0n) is 27.5. The largest absolute Gasteiger partial charge is 0.482 e. The number of fused-ring (bicyclic) bond motifs is 6. The number of halogens is 1. The van der Waals surface area contributed by atoms with E-state index in [1.807, 2.05) is 37.3 Å². The fraction of sp³-hybridized carbons (Fsp3) is 0.410. The number of rotatable bonds is 4. The predicted octanol–water partition coefficient (Wildman–Crippen LogP) is 7.32. The molecule has 2 aliphatic carbocycles. The van der Waals surface area contributed by atoms with Gasteiger partial charge in [-0.3, -0.25) is 4.98 Å². The van der Waals surface area contributed by atoms with E-state index in [2.05, 4.69) is 18.8 Å². The van der Waals surface area contributed by atoms with Crippen molar-refractivity contribution in [1.82, 2.24) is 4.98 Å². The number of pyridine rings is 1. The number of aliphatic hydroxyl groups excluding tert-OH is 1. The van der Waals surface area contributed by atoms with Gasteiger partial charge in [0.1, 0.15) is 28.8 Å². The molecule has 0 radical (unpaired) electrons. The van der Waals surface area contributed by atoms with Crippen LogP contribution in [0, 0.1) is 22.7 Å². The number of hydrogen-bond acceptors (Lipinski definition) is 9. The third-order valence-electron chi connectivity index (χ3n) is 11.8. The Balaban J connectivity index is 1.21. The van der Waals surface area contributed by atoms with Crippen molar-refractivity contribution >= 4 is 17.6 Å². The summed E-state index contributed by atoms with van der Waals surface area (Å²) in [5.41, 5.74) is -1.02. The van der Waals surface area contributed by atoms with Crippen LogP contribution in [0.2, 0.25) is 5.02 Å². The van der Waals surface area contributed by atoms with E-state index in [1.54, 1.807) is 54.9 Å². The van der Waals surface area contributed by atoms with Gasteiger partial charge in [-0.15, -0.1) is 0 Å². The van der Waals surface area contributed by atoms with Gasteiger partial charge in [0.25, 0.3) is 0 Å². The second-order valence-electron chi connectivity index (χ2n) is 14.5. The van der Waals surface area contributed by atoms with Crippen LogP contribution in [0.25, 0.3) is 11.3 Å². The van der Waals surface area contributed by atoms with Crippen molar-refractivity contribution in [3.05, 3.63) is 117 Å². The molecular formula is C39H38ClNO8. The molecule has 2 aromatic carbocycles. The Labute approximate surface area is 289 Å². The monoisotopic (exact) mass is 683 g/mol. The molecule has 254 valence electrons. The minimum absolute atomic E-state index is 0.0623. The molecule has 10 heteroatoms. The summed E-state index contributed by atoms with van der Waals surface area (Å²) in [4.78, 5) is 31.6. The van der Waals surface area contributed by atoms with Crippen molar-refractivity contribution in [2.24, 2.45) is 22.7 Å². The molecule has 0 amide bonds. The summed E-state index contributed by atoms with van der Waals surface area (Å²) in [6.07, 6.45) is 2.33. The minimum atomic E-state index is -1.26. The van der Waals surface area contributed by atoms with Crippen molar-refractivity contribution in [3.63, 3.8) is 0 Å². The molecule has 4 aromatic rings. The zero-order chi connectivity index (χ0) is 34.1. The van der Waals surface area contributed by atoms with Gasteiger partial charge in [-0.2, -0.15) is 0 Å². The first-order chi connectivity index (χ1) is 23.5. The third-order valence-corrected chi connectivity index (χ3v) is 12.0. The van der Waals surface area contributed by atoms with E-state index in [1.165, 1.54) is 0 Å². The molecule has 1 N–H and O–H groups in total. The number of ether oxygens (including phenoxy) is 4. The van der Waals surface area contributed by atoms with Gasteiger partial charge in [-0.1, -0.05) is 55.8 Å². The van der Waals surface area contributed by atoms with Crippen molar-refractivity contribution in [2.75, 3.05) is 6.61 Å². The van der Waals surface area contributed by atoms with Gasteiger partial charge in [-0.05, 0) is 73.9 Å². The van der Waals surface area contributed by atoms with Crippen LogP contribution >= 0.6 is 11.6 Å². The molecule has 49 heavy (non-hydrogen) atoms. The summed E-state index contributed by atoms with van der Waals surface area (Å²) in [5.74, 6) is -0.858. The van der Waals surface area contributed by atoms with Gasteiger partial charge in [0.15, 0.2) is 6.29 Å². The number of carbonyl (C=O) groups is 1. The van der Waals surface area contributed by atoms with E-state index < -0.39 is 52.4 Å². The van der Waals surface area contributed by atoms with Crippen LogP contribution < -0.4 is 10.4 Å². The molecule has 3 fully saturated rings. The number of hydrogen-bond donors (Lipinski definition) is 1. The molecule has 0 spiro atoms. The maximum atomic E-state index is 13.8. The van der Waals surface area contributed by atoms with Gasteiger partial charge >= 0.3 is 11.6 Å². The SMILES string of the molecule is C[C@]12CC[C@@H]3OC(c4ccccc4)OC[C@@]3(C)C1C[C@H](OC(=O)c1ccc(Cl)cc1)[C@@]1(C)Oc3cc(-c4cccnc4)oc(=O)c3[C@H](O)C21. The van der Waals surface area contributed by atoms with E-state index in [0.717, 1.165) is 5.56 Å². The average Bonchev–Trinajstić information content (AvgIpc) is 3.09. The fourth-order valence-electron chi connectivity index (χ4n) is 9.42. The number of aromatic nitrogens is 1. The summed E-state index contributed by atoms with van der Waals surface area (Å²) >= 11 is 6.12. The highest BCUT2D eigenvalue weighted by atomic mass is 35.5. The topological polar surface area (TPSA) is 117 Å². The van der Waals surface area contributed by atoms with Gasteiger partial charge in [0.05, 0.1) is 24.4 Å². The molecule has 9 nitrogen and oxygen atoms in total.